The Balaban J connectivity index is 2.24. The number of ether oxygens (including phenoxy) is 1. The molecule has 0 radical (unpaired) electrons. The second-order valence-corrected chi connectivity index (χ2v) is 5.58. The topological polar surface area (TPSA) is 102 Å². The van der Waals surface area contributed by atoms with Crippen molar-refractivity contribution in [1.82, 2.24) is 4.98 Å². The van der Waals surface area contributed by atoms with Crippen LogP contribution in [0.2, 0.25) is 0 Å². The third kappa shape index (κ3) is 3.34. The van der Waals surface area contributed by atoms with Crippen molar-refractivity contribution in [2.24, 2.45) is 0 Å². The van der Waals surface area contributed by atoms with Crippen molar-refractivity contribution in [3.05, 3.63) is 62.5 Å². The fourth-order valence-corrected chi connectivity index (χ4v) is 2.66. The number of hydrogen-bond acceptors (Lipinski definition) is 5. The van der Waals surface area contributed by atoms with Crippen LogP contribution < -0.4 is 0 Å². The maximum atomic E-state index is 12.4. The molecule has 0 aliphatic rings. The zero-order chi connectivity index (χ0) is 18.0. The summed E-state index contributed by atoms with van der Waals surface area (Å²) in [5.74, 6) is -0.742. The number of carbonyl (C=O) groups is 2. The molecule has 0 fully saturated rings. The second-order valence-electron chi connectivity index (χ2n) is 5.58. The number of carbonyl (C=O) groups excluding carboxylic acids is 2. The minimum atomic E-state index is -0.666. The van der Waals surface area contributed by atoms with Crippen LogP contribution in [0.1, 0.15) is 57.6 Å². The maximum Gasteiger partial charge on any atom is 0.355 e. The lowest BCUT2D eigenvalue weighted by atomic mass is 10.1. The van der Waals surface area contributed by atoms with Gasteiger partial charge in [-0.2, -0.15) is 0 Å². The monoisotopic (exact) mass is 330 g/mol. The molecule has 1 aromatic carbocycles. The van der Waals surface area contributed by atoms with E-state index in [1.165, 1.54) is 25.1 Å². The fraction of sp³-hybridized carbons (Fsp3) is 0.294. The van der Waals surface area contributed by atoms with Gasteiger partial charge in [0, 0.05) is 23.4 Å². The van der Waals surface area contributed by atoms with E-state index in [4.69, 9.17) is 4.74 Å². The molecule has 0 unspecified atom stereocenters. The average Bonchev–Trinajstić information content (AvgIpc) is 2.82. The van der Waals surface area contributed by atoms with E-state index >= 15 is 0 Å². The highest BCUT2D eigenvalue weighted by Crippen LogP contribution is 2.25. The number of nitrogens with one attached hydrogen (secondary N) is 1. The van der Waals surface area contributed by atoms with E-state index < -0.39 is 17.0 Å². The Morgan fingerprint density at radius 2 is 1.96 bits per heavy atom. The lowest BCUT2D eigenvalue weighted by Gasteiger charge is -2.13. The molecule has 1 aromatic heterocycles. The first-order valence-electron chi connectivity index (χ1n) is 7.37. The molecule has 1 atom stereocenters. The fourth-order valence-electron chi connectivity index (χ4n) is 2.66. The zero-order valence-electron chi connectivity index (χ0n) is 13.9. The highest BCUT2D eigenvalue weighted by atomic mass is 16.6. The SMILES string of the molecule is CC(=O)c1c(C)[nH]c(C(=O)O[C@H](C)c2cccc([N+](=O)[O-])c2)c1C. The lowest BCUT2D eigenvalue weighted by Crippen LogP contribution is -2.11. The van der Waals surface area contributed by atoms with Gasteiger partial charge in [0.1, 0.15) is 11.8 Å². The first-order valence-corrected chi connectivity index (χ1v) is 7.37. The summed E-state index contributed by atoms with van der Waals surface area (Å²) in [5, 5.41) is 10.8. The smallest absolute Gasteiger partial charge is 0.355 e. The van der Waals surface area contributed by atoms with Gasteiger partial charge in [0.25, 0.3) is 5.69 Å². The summed E-state index contributed by atoms with van der Waals surface area (Å²) >= 11 is 0. The molecular formula is C17H18N2O5. The van der Waals surface area contributed by atoms with Gasteiger partial charge < -0.3 is 9.72 Å². The van der Waals surface area contributed by atoms with E-state index in [-0.39, 0.29) is 17.2 Å². The molecule has 0 spiro atoms. The standard InChI is InChI=1S/C17H18N2O5/c1-9-15(11(3)20)10(2)18-16(9)17(21)24-12(4)13-6-5-7-14(8-13)19(22)23/h5-8,12,18H,1-4H3/t12-/m1/s1. The molecule has 0 amide bonds. The molecule has 0 saturated heterocycles. The van der Waals surface area contributed by atoms with Gasteiger partial charge in [-0.1, -0.05) is 12.1 Å². The minimum Gasteiger partial charge on any atom is -0.453 e. The van der Waals surface area contributed by atoms with Crippen LogP contribution in [0, 0.1) is 24.0 Å². The molecule has 0 aliphatic carbocycles. The van der Waals surface area contributed by atoms with E-state index in [0.29, 0.717) is 22.4 Å². The number of nitrogens with zero attached hydrogens (tertiary/aromatic N) is 1. The number of Topliss-reactive ketones (excluding diaryl/α,β-unsaturated/α-hetero) is 1. The molecule has 1 N–H and O–H groups in total. The number of benzene rings is 1. The van der Waals surface area contributed by atoms with Gasteiger partial charge in [0.05, 0.1) is 4.92 Å². The summed E-state index contributed by atoms with van der Waals surface area (Å²) in [6.07, 6.45) is -0.666. The van der Waals surface area contributed by atoms with E-state index in [1.807, 2.05) is 0 Å². The first-order chi connectivity index (χ1) is 11.2. The molecule has 7 nitrogen and oxygen atoms in total. The van der Waals surface area contributed by atoms with Gasteiger partial charge in [-0.3, -0.25) is 14.9 Å². The van der Waals surface area contributed by atoms with E-state index in [0.717, 1.165) is 0 Å². The number of rotatable bonds is 5. The van der Waals surface area contributed by atoms with Crippen molar-refractivity contribution in [1.29, 1.82) is 0 Å². The van der Waals surface area contributed by atoms with Gasteiger partial charge in [0.15, 0.2) is 5.78 Å². The third-order valence-electron chi connectivity index (χ3n) is 3.83. The van der Waals surface area contributed by atoms with Gasteiger partial charge in [-0.15, -0.1) is 0 Å². The Kier molecular flexibility index (Phi) is 4.82. The summed E-state index contributed by atoms with van der Waals surface area (Å²) in [4.78, 5) is 37.2. The number of non-ortho nitro benzene ring substituents is 1. The van der Waals surface area contributed by atoms with Crippen LogP contribution in [0.5, 0.6) is 0 Å². The first kappa shape index (κ1) is 17.4. The molecule has 24 heavy (non-hydrogen) atoms. The highest BCUT2D eigenvalue weighted by molar-refractivity contribution is 6.01. The number of H-pyrrole nitrogens is 1. The predicted octanol–water partition coefficient (Wildman–Crippen LogP) is 3.66. The van der Waals surface area contributed by atoms with Crippen LogP contribution in [0.15, 0.2) is 24.3 Å². The summed E-state index contributed by atoms with van der Waals surface area (Å²) in [6.45, 7) is 6.46. The lowest BCUT2D eigenvalue weighted by molar-refractivity contribution is -0.385. The van der Waals surface area contributed by atoms with Crippen molar-refractivity contribution in [3.63, 3.8) is 0 Å². The Morgan fingerprint density at radius 1 is 1.29 bits per heavy atom. The number of nitro groups is 1. The Morgan fingerprint density at radius 3 is 2.50 bits per heavy atom. The summed E-state index contributed by atoms with van der Waals surface area (Å²) in [7, 11) is 0. The molecule has 7 heteroatoms. The van der Waals surface area contributed by atoms with Gasteiger partial charge >= 0.3 is 5.97 Å². The molecule has 1 heterocycles. The molecule has 0 saturated carbocycles. The van der Waals surface area contributed by atoms with Crippen LogP contribution in [-0.4, -0.2) is 21.7 Å². The number of hydrogen-bond donors (Lipinski definition) is 1. The normalized spacial score (nSPS) is 11.8. The van der Waals surface area contributed by atoms with E-state index in [2.05, 4.69) is 4.98 Å². The maximum absolute atomic E-state index is 12.4. The number of nitro benzene ring substituents is 1. The molecule has 2 rings (SSSR count). The third-order valence-corrected chi connectivity index (χ3v) is 3.83. The van der Waals surface area contributed by atoms with Gasteiger partial charge in [-0.25, -0.2) is 4.79 Å². The van der Waals surface area contributed by atoms with Crippen molar-refractivity contribution in [2.45, 2.75) is 33.8 Å². The molecule has 126 valence electrons. The van der Waals surface area contributed by atoms with Gasteiger partial charge in [0.2, 0.25) is 0 Å². The molecule has 0 bridgehead atoms. The van der Waals surface area contributed by atoms with Gasteiger partial charge in [-0.05, 0) is 38.8 Å². The minimum absolute atomic E-state index is 0.0684. The van der Waals surface area contributed by atoms with Crippen molar-refractivity contribution in [3.8, 4) is 0 Å². The number of aromatic nitrogens is 1. The highest BCUT2D eigenvalue weighted by Gasteiger charge is 2.23. The van der Waals surface area contributed by atoms with Crippen LogP contribution in [0.4, 0.5) is 5.69 Å². The number of aryl methyl sites for hydroxylation is 1. The van der Waals surface area contributed by atoms with Crippen LogP contribution >= 0.6 is 0 Å². The Hall–Kier alpha value is -2.96. The summed E-state index contributed by atoms with van der Waals surface area (Å²) in [5.41, 5.74) is 2.29. The van der Waals surface area contributed by atoms with Crippen molar-refractivity contribution in [2.75, 3.05) is 0 Å². The largest absolute Gasteiger partial charge is 0.453 e. The molecular weight excluding hydrogens is 312 g/mol. The Bertz CT molecular complexity index is 822. The number of aromatic amines is 1. The van der Waals surface area contributed by atoms with Crippen molar-refractivity contribution < 1.29 is 19.2 Å². The van der Waals surface area contributed by atoms with E-state index in [1.54, 1.807) is 26.8 Å². The van der Waals surface area contributed by atoms with Crippen LogP contribution in [0.25, 0.3) is 0 Å². The van der Waals surface area contributed by atoms with Crippen LogP contribution in [0.3, 0.4) is 0 Å². The quantitative estimate of drug-likeness (QED) is 0.390. The number of esters is 1. The predicted molar refractivity (Wildman–Crippen MR) is 87.2 cm³/mol. The summed E-state index contributed by atoms with van der Waals surface area (Å²) in [6, 6.07) is 5.93. The average molecular weight is 330 g/mol. The summed E-state index contributed by atoms with van der Waals surface area (Å²) < 4.78 is 5.38. The molecule has 0 aliphatic heterocycles. The van der Waals surface area contributed by atoms with E-state index in [9.17, 15) is 19.7 Å². The molecule has 2 aromatic rings. The zero-order valence-corrected chi connectivity index (χ0v) is 13.9. The second kappa shape index (κ2) is 6.66. The van der Waals surface area contributed by atoms with Crippen LogP contribution in [-0.2, 0) is 4.74 Å². The van der Waals surface area contributed by atoms with Crippen molar-refractivity contribution >= 4 is 17.4 Å². The number of ketones is 1. The Labute approximate surface area is 138 Å².